The van der Waals surface area contributed by atoms with Gasteiger partial charge in [-0.25, -0.2) is 0 Å². The Morgan fingerprint density at radius 2 is 1.88 bits per heavy atom. The van der Waals surface area contributed by atoms with Crippen LogP contribution in [0.15, 0.2) is 43.0 Å². The van der Waals surface area contributed by atoms with E-state index in [0.717, 1.165) is 11.3 Å². The van der Waals surface area contributed by atoms with Crippen molar-refractivity contribution in [3.8, 4) is 0 Å². The molecule has 0 saturated heterocycles. The molecule has 0 radical (unpaired) electrons. The van der Waals surface area contributed by atoms with E-state index in [1.165, 1.54) is 5.56 Å². The summed E-state index contributed by atoms with van der Waals surface area (Å²) in [4.78, 5) is 8.16. The second-order valence-electron chi connectivity index (χ2n) is 3.90. The van der Waals surface area contributed by atoms with Crippen LogP contribution < -0.4 is 5.32 Å². The molecule has 0 aliphatic heterocycles. The number of hydrogen-bond acceptors (Lipinski definition) is 3. The van der Waals surface area contributed by atoms with Crippen molar-refractivity contribution in [3.05, 3.63) is 54.1 Å². The average Bonchev–Trinajstić information content (AvgIpc) is 2.30. The SMILES string of the molecule is Cc1cncc(NC(C)c2ccncc2)c1. The molecule has 1 unspecified atom stereocenters. The maximum absolute atomic E-state index is 4.16. The first-order valence-corrected chi connectivity index (χ1v) is 5.34. The van der Waals surface area contributed by atoms with E-state index in [4.69, 9.17) is 0 Å². The monoisotopic (exact) mass is 213 g/mol. The van der Waals surface area contributed by atoms with Gasteiger partial charge in [-0.05, 0) is 43.2 Å². The molecule has 1 N–H and O–H groups in total. The highest BCUT2D eigenvalue weighted by Gasteiger charge is 2.04. The lowest BCUT2D eigenvalue weighted by molar-refractivity contribution is 0.878. The number of anilines is 1. The van der Waals surface area contributed by atoms with Crippen LogP contribution in [-0.4, -0.2) is 9.97 Å². The lowest BCUT2D eigenvalue weighted by Crippen LogP contribution is -2.06. The van der Waals surface area contributed by atoms with Crippen molar-refractivity contribution in [1.29, 1.82) is 0 Å². The Hall–Kier alpha value is -1.90. The van der Waals surface area contributed by atoms with Gasteiger partial charge in [-0.15, -0.1) is 0 Å². The number of rotatable bonds is 3. The van der Waals surface area contributed by atoms with Crippen molar-refractivity contribution >= 4 is 5.69 Å². The molecule has 2 heterocycles. The smallest absolute Gasteiger partial charge is 0.0534 e. The van der Waals surface area contributed by atoms with Crippen molar-refractivity contribution in [3.63, 3.8) is 0 Å². The van der Waals surface area contributed by atoms with E-state index in [2.05, 4.69) is 28.3 Å². The van der Waals surface area contributed by atoms with Crippen molar-refractivity contribution in [2.45, 2.75) is 19.9 Å². The Morgan fingerprint density at radius 3 is 2.56 bits per heavy atom. The van der Waals surface area contributed by atoms with Gasteiger partial charge in [0.15, 0.2) is 0 Å². The van der Waals surface area contributed by atoms with Crippen molar-refractivity contribution in [1.82, 2.24) is 9.97 Å². The Bertz CT molecular complexity index is 454. The molecular formula is C13H15N3. The molecule has 2 aromatic heterocycles. The van der Waals surface area contributed by atoms with E-state index in [1.54, 1.807) is 0 Å². The molecule has 1 atom stereocenters. The van der Waals surface area contributed by atoms with Crippen LogP contribution in [0.5, 0.6) is 0 Å². The summed E-state index contributed by atoms with van der Waals surface area (Å²) in [6.07, 6.45) is 7.30. The molecule has 2 rings (SSSR count). The van der Waals surface area contributed by atoms with Gasteiger partial charge >= 0.3 is 0 Å². The molecule has 0 saturated carbocycles. The highest BCUT2D eigenvalue weighted by atomic mass is 14.9. The standard InChI is InChI=1S/C13H15N3/c1-10-7-13(9-15-8-10)16-11(2)12-3-5-14-6-4-12/h3-9,11,16H,1-2H3. The van der Waals surface area contributed by atoms with E-state index < -0.39 is 0 Å². The van der Waals surface area contributed by atoms with Crippen LogP contribution in [0.3, 0.4) is 0 Å². The van der Waals surface area contributed by atoms with E-state index in [9.17, 15) is 0 Å². The first-order valence-electron chi connectivity index (χ1n) is 5.34. The van der Waals surface area contributed by atoms with Gasteiger partial charge in [0.1, 0.15) is 0 Å². The van der Waals surface area contributed by atoms with Gasteiger partial charge in [-0.2, -0.15) is 0 Å². The summed E-state index contributed by atoms with van der Waals surface area (Å²) in [6.45, 7) is 4.16. The van der Waals surface area contributed by atoms with Gasteiger partial charge in [-0.1, -0.05) is 0 Å². The van der Waals surface area contributed by atoms with Gasteiger partial charge in [0, 0.05) is 30.8 Å². The van der Waals surface area contributed by atoms with Gasteiger partial charge in [-0.3, -0.25) is 9.97 Å². The number of aryl methyl sites for hydroxylation is 1. The Labute approximate surface area is 95.6 Å². The summed E-state index contributed by atoms with van der Waals surface area (Å²) in [7, 11) is 0. The van der Waals surface area contributed by atoms with Crippen LogP contribution in [0.1, 0.15) is 24.1 Å². The van der Waals surface area contributed by atoms with E-state index in [-0.39, 0.29) is 6.04 Å². The normalized spacial score (nSPS) is 12.1. The number of aromatic nitrogens is 2. The first-order chi connectivity index (χ1) is 7.75. The Morgan fingerprint density at radius 1 is 1.12 bits per heavy atom. The number of pyridine rings is 2. The van der Waals surface area contributed by atoms with Gasteiger partial charge in [0.2, 0.25) is 0 Å². The largest absolute Gasteiger partial charge is 0.377 e. The zero-order valence-electron chi connectivity index (χ0n) is 9.51. The molecule has 0 fully saturated rings. The third kappa shape index (κ3) is 2.57. The van der Waals surface area contributed by atoms with Crippen LogP contribution >= 0.6 is 0 Å². The Kier molecular flexibility index (Phi) is 3.15. The predicted molar refractivity (Wildman–Crippen MR) is 65.2 cm³/mol. The van der Waals surface area contributed by atoms with E-state index in [0.29, 0.717) is 0 Å². The van der Waals surface area contributed by atoms with Crippen molar-refractivity contribution < 1.29 is 0 Å². The molecule has 82 valence electrons. The molecular weight excluding hydrogens is 198 g/mol. The maximum atomic E-state index is 4.16. The maximum Gasteiger partial charge on any atom is 0.0534 e. The molecule has 0 aromatic carbocycles. The average molecular weight is 213 g/mol. The van der Waals surface area contributed by atoms with Crippen molar-refractivity contribution in [2.24, 2.45) is 0 Å². The molecule has 0 spiro atoms. The molecule has 3 nitrogen and oxygen atoms in total. The molecule has 0 aliphatic carbocycles. The van der Waals surface area contributed by atoms with Gasteiger partial charge in [0.25, 0.3) is 0 Å². The number of nitrogens with zero attached hydrogens (tertiary/aromatic N) is 2. The minimum atomic E-state index is 0.256. The fourth-order valence-electron chi connectivity index (χ4n) is 1.62. The van der Waals surface area contributed by atoms with E-state index in [1.807, 2.05) is 43.8 Å². The van der Waals surface area contributed by atoms with Crippen molar-refractivity contribution in [2.75, 3.05) is 5.32 Å². The quantitative estimate of drug-likeness (QED) is 0.851. The van der Waals surface area contributed by atoms with Crippen LogP contribution in [0.2, 0.25) is 0 Å². The van der Waals surface area contributed by atoms with Crippen LogP contribution in [0.25, 0.3) is 0 Å². The summed E-state index contributed by atoms with van der Waals surface area (Å²) in [5, 5.41) is 3.41. The number of nitrogens with one attached hydrogen (secondary N) is 1. The summed E-state index contributed by atoms with van der Waals surface area (Å²) < 4.78 is 0. The molecule has 16 heavy (non-hydrogen) atoms. The van der Waals surface area contributed by atoms with Crippen LogP contribution in [-0.2, 0) is 0 Å². The first kappa shape index (κ1) is 10.6. The molecule has 2 aromatic rings. The third-order valence-electron chi connectivity index (χ3n) is 2.46. The van der Waals surface area contributed by atoms with Gasteiger partial charge in [0.05, 0.1) is 5.69 Å². The fourth-order valence-corrected chi connectivity index (χ4v) is 1.62. The topological polar surface area (TPSA) is 37.8 Å². The minimum Gasteiger partial charge on any atom is -0.377 e. The highest BCUT2D eigenvalue weighted by molar-refractivity contribution is 5.44. The van der Waals surface area contributed by atoms with E-state index >= 15 is 0 Å². The second-order valence-corrected chi connectivity index (χ2v) is 3.90. The molecule has 0 aliphatic rings. The zero-order chi connectivity index (χ0) is 11.4. The summed E-state index contributed by atoms with van der Waals surface area (Å²) in [5.41, 5.74) is 3.42. The number of hydrogen-bond donors (Lipinski definition) is 1. The summed E-state index contributed by atoms with van der Waals surface area (Å²) >= 11 is 0. The lowest BCUT2D eigenvalue weighted by atomic mass is 10.1. The molecule has 3 heteroatoms. The van der Waals surface area contributed by atoms with Gasteiger partial charge < -0.3 is 5.32 Å². The molecule has 0 bridgehead atoms. The fraction of sp³-hybridized carbons (Fsp3) is 0.231. The lowest BCUT2D eigenvalue weighted by Gasteiger charge is -2.15. The predicted octanol–water partition coefficient (Wildman–Crippen LogP) is 2.96. The zero-order valence-corrected chi connectivity index (χ0v) is 9.51. The van der Waals surface area contributed by atoms with Crippen LogP contribution in [0.4, 0.5) is 5.69 Å². The second kappa shape index (κ2) is 4.75. The summed E-state index contributed by atoms with van der Waals surface area (Å²) in [6, 6.07) is 6.37. The molecule has 0 amide bonds. The Balaban J connectivity index is 2.11. The third-order valence-corrected chi connectivity index (χ3v) is 2.46. The highest BCUT2D eigenvalue weighted by Crippen LogP contribution is 2.18. The van der Waals surface area contributed by atoms with Crippen LogP contribution in [0, 0.1) is 6.92 Å². The minimum absolute atomic E-state index is 0.256. The summed E-state index contributed by atoms with van der Waals surface area (Å²) in [5.74, 6) is 0.